The zero-order chi connectivity index (χ0) is 28.1. The largest absolute Gasteiger partial charge is 0.417 e. The zero-order valence-electron chi connectivity index (χ0n) is 21.0. The second kappa shape index (κ2) is 9.31. The van der Waals surface area contributed by atoms with Crippen LogP contribution in [0.2, 0.25) is 0 Å². The molecule has 5 rings (SSSR count). The fourth-order valence-corrected chi connectivity index (χ4v) is 4.10. The van der Waals surface area contributed by atoms with Crippen LogP contribution in [0.4, 0.5) is 23.4 Å². The quantitative estimate of drug-likeness (QED) is 0.290. The van der Waals surface area contributed by atoms with Gasteiger partial charge in [-0.2, -0.15) is 23.4 Å². The summed E-state index contributed by atoms with van der Waals surface area (Å²) in [5, 5.41) is 21.5. The number of amides is 1. The second-order valence-corrected chi connectivity index (χ2v) is 9.45. The highest BCUT2D eigenvalue weighted by Crippen LogP contribution is 2.38. The molecule has 0 bridgehead atoms. The lowest BCUT2D eigenvalue weighted by molar-refractivity contribution is -0.137. The average molecular weight is 539 g/mol. The van der Waals surface area contributed by atoms with E-state index in [1.165, 1.54) is 34.9 Å². The fourth-order valence-electron chi connectivity index (χ4n) is 4.10. The minimum absolute atomic E-state index is 0.0699. The van der Waals surface area contributed by atoms with Crippen molar-refractivity contribution in [3.63, 3.8) is 0 Å². The van der Waals surface area contributed by atoms with E-state index < -0.39 is 40.2 Å². The number of fused-ring (bicyclic) bond motifs is 1. The number of aliphatic hydroxyl groups is 1. The number of pyridine rings is 1. The molecule has 39 heavy (non-hydrogen) atoms. The van der Waals surface area contributed by atoms with Crippen LogP contribution in [0.25, 0.3) is 28.0 Å². The zero-order valence-corrected chi connectivity index (χ0v) is 21.0. The lowest BCUT2D eigenvalue weighted by Gasteiger charge is -2.16. The number of nitrogens with one attached hydrogen (secondary N) is 1. The first kappa shape index (κ1) is 26.0. The van der Waals surface area contributed by atoms with Crippen molar-refractivity contribution in [3.05, 3.63) is 89.5 Å². The highest BCUT2D eigenvalue weighted by atomic mass is 19.4. The first-order valence-corrected chi connectivity index (χ1v) is 11.7. The lowest BCUT2D eigenvalue weighted by atomic mass is 9.99. The number of rotatable bonds is 5. The summed E-state index contributed by atoms with van der Waals surface area (Å²) >= 11 is 0. The molecule has 5 aromatic rings. The van der Waals surface area contributed by atoms with Gasteiger partial charge in [-0.15, -0.1) is 0 Å². The molecular formula is C27H22F4N6O2. The Kier molecular flexibility index (Phi) is 6.22. The summed E-state index contributed by atoms with van der Waals surface area (Å²) in [4.78, 5) is 17.7. The number of anilines is 1. The monoisotopic (exact) mass is 538 g/mol. The van der Waals surface area contributed by atoms with Crippen molar-refractivity contribution < 1.29 is 27.5 Å². The van der Waals surface area contributed by atoms with E-state index in [9.17, 15) is 23.1 Å². The number of halogens is 4. The van der Waals surface area contributed by atoms with Gasteiger partial charge in [-0.25, -0.2) is 9.07 Å². The van der Waals surface area contributed by atoms with Crippen molar-refractivity contribution in [1.82, 2.24) is 24.5 Å². The summed E-state index contributed by atoms with van der Waals surface area (Å²) in [6.45, 7) is 3.17. The molecule has 200 valence electrons. The van der Waals surface area contributed by atoms with Gasteiger partial charge in [0.25, 0.3) is 5.91 Å². The Morgan fingerprint density at radius 3 is 2.36 bits per heavy atom. The van der Waals surface area contributed by atoms with Gasteiger partial charge in [0, 0.05) is 30.6 Å². The maximum Gasteiger partial charge on any atom is 0.417 e. The van der Waals surface area contributed by atoms with Gasteiger partial charge in [0.2, 0.25) is 0 Å². The van der Waals surface area contributed by atoms with E-state index in [0.717, 1.165) is 6.07 Å². The summed E-state index contributed by atoms with van der Waals surface area (Å²) < 4.78 is 59.0. The third-order valence-electron chi connectivity index (χ3n) is 6.10. The standard InChI is InChI=1S/C27H22F4N6O2/c1-26(2,39)15-11-22-23(32-14-15)24(37(35-22)16-7-5-4-6-8-16)33-25(38)18-12-17(21-9-10-36(3)34-21)19(13-20(18)28)27(29,30)31/h4-14,39H,1-3H3,(H,33,38). The van der Waals surface area contributed by atoms with E-state index in [1.54, 1.807) is 50.2 Å². The first-order valence-electron chi connectivity index (χ1n) is 11.7. The Hall–Kier alpha value is -4.58. The minimum Gasteiger partial charge on any atom is -0.386 e. The SMILES string of the molecule is Cn1ccc(-c2cc(C(=O)Nc3c4ncc(C(C)(C)O)cc4nn3-c3ccccc3)c(F)cc2C(F)(F)F)n1. The van der Waals surface area contributed by atoms with Gasteiger partial charge < -0.3 is 10.4 Å². The summed E-state index contributed by atoms with van der Waals surface area (Å²) in [7, 11) is 1.53. The molecule has 0 aliphatic carbocycles. The number of benzene rings is 2. The van der Waals surface area contributed by atoms with E-state index in [4.69, 9.17) is 0 Å². The highest BCUT2D eigenvalue weighted by Gasteiger charge is 2.36. The molecule has 0 saturated carbocycles. The van der Waals surface area contributed by atoms with Gasteiger partial charge in [0.15, 0.2) is 5.82 Å². The molecule has 0 fully saturated rings. The molecule has 2 N–H and O–H groups in total. The molecule has 1 amide bonds. The fraction of sp³-hybridized carbons (Fsp3) is 0.185. The molecular weight excluding hydrogens is 516 g/mol. The second-order valence-electron chi connectivity index (χ2n) is 9.45. The number of alkyl halides is 3. The topological polar surface area (TPSA) is 97.9 Å². The summed E-state index contributed by atoms with van der Waals surface area (Å²) in [5.74, 6) is -2.29. The van der Waals surface area contributed by atoms with Gasteiger partial charge in [0.05, 0.1) is 28.1 Å². The number of carbonyl (C=O) groups excluding carboxylic acids is 1. The van der Waals surface area contributed by atoms with Crippen molar-refractivity contribution in [2.45, 2.75) is 25.6 Å². The van der Waals surface area contributed by atoms with Crippen LogP contribution in [0, 0.1) is 5.82 Å². The van der Waals surface area contributed by atoms with Gasteiger partial charge in [0.1, 0.15) is 16.9 Å². The first-order chi connectivity index (χ1) is 18.3. The molecule has 0 unspecified atom stereocenters. The molecule has 0 atom stereocenters. The van der Waals surface area contributed by atoms with E-state index in [1.807, 2.05) is 0 Å². The number of carbonyl (C=O) groups is 1. The predicted octanol–water partition coefficient (Wildman–Crippen LogP) is 5.46. The van der Waals surface area contributed by atoms with Crippen LogP contribution in [0.3, 0.4) is 0 Å². The number of para-hydroxylation sites is 1. The molecule has 3 heterocycles. The van der Waals surface area contributed by atoms with E-state index in [-0.39, 0.29) is 17.0 Å². The highest BCUT2D eigenvalue weighted by molar-refractivity contribution is 6.08. The van der Waals surface area contributed by atoms with Crippen molar-refractivity contribution in [1.29, 1.82) is 0 Å². The maximum atomic E-state index is 15.0. The van der Waals surface area contributed by atoms with Crippen LogP contribution in [-0.4, -0.2) is 35.6 Å². The van der Waals surface area contributed by atoms with E-state index in [0.29, 0.717) is 22.8 Å². The van der Waals surface area contributed by atoms with Gasteiger partial charge in [-0.1, -0.05) is 18.2 Å². The van der Waals surface area contributed by atoms with Crippen molar-refractivity contribution in [2.75, 3.05) is 5.32 Å². The summed E-state index contributed by atoms with van der Waals surface area (Å²) in [6.07, 6.45) is -2.02. The van der Waals surface area contributed by atoms with Crippen molar-refractivity contribution in [3.8, 4) is 16.9 Å². The molecule has 0 spiro atoms. The third-order valence-corrected chi connectivity index (χ3v) is 6.10. The van der Waals surface area contributed by atoms with Crippen LogP contribution < -0.4 is 5.32 Å². The Balaban J connectivity index is 1.64. The van der Waals surface area contributed by atoms with Crippen LogP contribution in [-0.2, 0) is 18.8 Å². The Labute approximate surface area is 219 Å². The van der Waals surface area contributed by atoms with Gasteiger partial charge in [-0.3, -0.25) is 14.5 Å². The number of nitrogens with zero attached hydrogens (tertiary/aromatic N) is 5. The summed E-state index contributed by atoms with van der Waals surface area (Å²) in [6, 6.07) is 12.8. The van der Waals surface area contributed by atoms with Crippen LogP contribution in [0.5, 0.6) is 0 Å². The van der Waals surface area contributed by atoms with Crippen molar-refractivity contribution in [2.24, 2.45) is 7.05 Å². The molecule has 2 aromatic carbocycles. The summed E-state index contributed by atoms with van der Waals surface area (Å²) in [5.41, 5.74) is -2.03. The molecule has 0 aliphatic heterocycles. The van der Waals surface area contributed by atoms with Crippen LogP contribution >= 0.6 is 0 Å². The number of aryl methyl sites for hydroxylation is 1. The Bertz CT molecular complexity index is 1700. The molecule has 8 nitrogen and oxygen atoms in total. The van der Waals surface area contributed by atoms with E-state index in [2.05, 4.69) is 20.5 Å². The molecule has 12 heteroatoms. The van der Waals surface area contributed by atoms with Crippen LogP contribution in [0.15, 0.2) is 67.0 Å². The normalized spacial score (nSPS) is 12.2. The Morgan fingerprint density at radius 1 is 1.03 bits per heavy atom. The van der Waals surface area contributed by atoms with Gasteiger partial charge in [-0.05, 0) is 50.2 Å². The number of aromatic nitrogens is 5. The third kappa shape index (κ3) is 4.98. The molecule has 3 aromatic heterocycles. The Morgan fingerprint density at radius 2 is 1.74 bits per heavy atom. The molecule has 0 radical (unpaired) electrons. The number of hydrogen-bond acceptors (Lipinski definition) is 5. The maximum absolute atomic E-state index is 15.0. The van der Waals surface area contributed by atoms with Gasteiger partial charge >= 0.3 is 6.18 Å². The number of hydrogen-bond donors (Lipinski definition) is 2. The smallest absolute Gasteiger partial charge is 0.386 e. The predicted molar refractivity (Wildman–Crippen MR) is 136 cm³/mol. The average Bonchev–Trinajstić information content (AvgIpc) is 3.46. The molecule has 0 aliphatic rings. The minimum atomic E-state index is -4.88. The van der Waals surface area contributed by atoms with Crippen molar-refractivity contribution >= 4 is 22.8 Å². The van der Waals surface area contributed by atoms with Crippen LogP contribution in [0.1, 0.15) is 35.3 Å². The van der Waals surface area contributed by atoms with E-state index >= 15 is 4.39 Å². The molecule has 0 saturated heterocycles. The lowest BCUT2D eigenvalue weighted by Crippen LogP contribution is -2.19.